The molecule has 1 unspecified atom stereocenters. The van der Waals surface area contributed by atoms with Crippen molar-refractivity contribution in [3.8, 4) is 5.75 Å². The van der Waals surface area contributed by atoms with Crippen molar-refractivity contribution in [1.29, 1.82) is 0 Å². The van der Waals surface area contributed by atoms with E-state index in [2.05, 4.69) is 38.9 Å². The Labute approximate surface area is 163 Å². The number of aliphatic carboxylic acids is 1. The number of carbonyl (C=O) groups is 1. The largest absolute Gasteiger partial charge is 0.492 e. The number of pyridine rings is 1. The van der Waals surface area contributed by atoms with Gasteiger partial charge in [-0.05, 0) is 60.6 Å². The molecule has 9 heteroatoms. The van der Waals surface area contributed by atoms with E-state index in [0.717, 1.165) is 34.1 Å². The standard InChI is InChI=1S/C16H19BrN2O.C2HF3O2/c1-19-8-2-3-12(10-19)11-20-15-5-4-13-9-18-7-6-14(13)16(15)17;3-2(4,5)1(6)7/h4-7,9,12H,2-3,8,10-11H2,1H3;(H,6,7). The van der Waals surface area contributed by atoms with Gasteiger partial charge in [0, 0.05) is 35.6 Å². The van der Waals surface area contributed by atoms with Crippen molar-refractivity contribution in [1.82, 2.24) is 9.88 Å². The maximum atomic E-state index is 10.6. The molecule has 1 aliphatic heterocycles. The van der Waals surface area contributed by atoms with Gasteiger partial charge < -0.3 is 14.7 Å². The van der Waals surface area contributed by atoms with Crippen molar-refractivity contribution >= 4 is 32.7 Å². The first-order chi connectivity index (χ1) is 12.7. The third-order valence-electron chi connectivity index (χ3n) is 4.16. The molecule has 0 bridgehead atoms. The van der Waals surface area contributed by atoms with Crippen LogP contribution in [-0.2, 0) is 4.79 Å². The summed E-state index contributed by atoms with van der Waals surface area (Å²) >= 11 is 3.66. The van der Waals surface area contributed by atoms with Gasteiger partial charge in [-0.3, -0.25) is 4.98 Å². The fourth-order valence-electron chi connectivity index (χ4n) is 2.84. The summed E-state index contributed by atoms with van der Waals surface area (Å²) in [6, 6.07) is 6.11. The van der Waals surface area contributed by atoms with Gasteiger partial charge in [0.25, 0.3) is 0 Å². The van der Waals surface area contributed by atoms with Crippen molar-refractivity contribution in [2.75, 3.05) is 26.7 Å². The number of carboxylic acid groups (broad SMARTS) is 1. The Kier molecular flexibility index (Phi) is 7.43. The van der Waals surface area contributed by atoms with Gasteiger partial charge in [0.05, 0.1) is 11.1 Å². The summed E-state index contributed by atoms with van der Waals surface area (Å²) < 4.78 is 38.8. The quantitative estimate of drug-likeness (QED) is 0.755. The lowest BCUT2D eigenvalue weighted by atomic mass is 9.99. The topological polar surface area (TPSA) is 62.7 Å². The lowest BCUT2D eigenvalue weighted by Crippen LogP contribution is -2.34. The van der Waals surface area contributed by atoms with Gasteiger partial charge in [0.1, 0.15) is 5.75 Å². The molecule has 1 N–H and O–H groups in total. The van der Waals surface area contributed by atoms with Crippen molar-refractivity contribution in [2.24, 2.45) is 5.92 Å². The number of likely N-dealkylation sites (tertiary alicyclic amines) is 1. The second-order valence-electron chi connectivity index (χ2n) is 6.36. The Bertz CT molecular complexity index is 786. The number of nitrogens with zero attached hydrogens (tertiary/aromatic N) is 2. The van der Waals surface area contributed by atoms with E-state index in [0.29, 0.717) is 5.92 Å². The molecule has 0 aliphatic carbocycles. The smallest absolute Gasteiger partial charge is 0.490 e. The van der Waals surface area contributed by atoms with Gasteiger partial charge in [-0.2, -0.15) is 13.2 Å². The van der Waals surface area contributed by atoms with Crippen molar-refractivity contribution in [2.45, 2.75) is 19.0 Å². The molecular formula is C18H20BrF3N2O3. The Morgan fingerprint density at radius 2 is 2.11 bits per heavy atom. The van der Waals surface area contributed by atoms with Crippen LogP contribution in [0.3, 0.4) is 0 Å². The fourth-order valence-corrected chi connectivity index (χ4v) is 3.45. The molecule has 1 fully saturated rings. The van der Waals surface area contributed by atoms with Crippen LogP contribution in [0.2, 0.25) is 0 Å². The number of aromatic nitrogens is 1. The SMILES string of the molecule is CN1CCCC(COc2ccc3cnccc3c2Br)C1.O=C(O)C(F)(F)F. The van der Waals surface area contributed by atoms with Crippen LogP contribution in [0.5, 0.6) is 5.75 Å². The summed E-state index contributed by atoms with van der Waals surface area (Å²) in [7, 11) is 2.19. The molecule has 1 aromatic carbocycles. The van der Waals surface area contributed by atoms with E-state index in [-0.39, 0.29) is 0 Å². The van der Waals surface area contributed by atoms with Crippen LogP contribution in [0, 0.1) is 5.92 Å². The molecule has 0 amide bonds. The van der Waals surface area contributed by atoms with Crippen molar-refractivity contribution < 1.29 is 27.8 Å². The van der Waals surface area contributed by atoms with E-state index < -0.39 is 12.1 Å². The van der Waals surface area contributed by atoms with Crippen molar-refractivity contribution in [3.05, 3.63) is 35.1 Å². The fraction of sp³-hybridized carbons (Fsp3) is 0.444. The molecule has 1 saturated heterocycles. The summed E-state index contributed by atoms with van der Waals surface area (Å²) in [6.07, 6.45) is 1.14. The normalized spacial score (nSPS) is 17.9. The minimum absolute atomic E-state index is 0.633. The zero-order chi connectivity index (χ0) is 20.0. The zero-order valence-electron chi connectivity index (χ0n) is 14.7. The van der Waals surface area contributed by atoms with E-state index in [1.54, 1.807) is 0 Å². The lowest BCUT2D eigenvalue weighted by Gasteiger charge is -2.29. The van der Waals surface area contributed by atoms with Crippen LogP contribution >= 0.6 is 15.9 Å². The number of alkyl halides is 3. The average Bonchev–Trinajstić information content (AvgIpc) is 2.61. The maximum absolute atomic E-state index is 10.6. The summed E-state index contributed by atoms with van der Waals surface area (Å²) in [5.41, 5.74) is 0. The predicted octanol–water partition coefficient (Wildman–Crippen LogP) is 4.35. The van der Waals surface area contributed by atoms with Crippen LogP contribution < -0.4 is 4.74 Å². The van der Waals surface area contributed by atoms with Gasteiger partial charge >= 0.3 is 12.1 Å². The molecule has 1 aliphatic rings. The summed E-state index contributed by atoms with van der Waals surface area (Å²) in [4.78, 5) is 15.4. The molecule has 1 atom stereocenters. The number of hydrogen-bond donors (Lipinski definition) is 1. The number of carboxylic acids is 1. The van der Waals surface area contributed by atoms with Gasteiger partial charge in [-0.15, -0.1) is 0 Å². The Morgan fingerprint density at radius 3 is 2.74 bits per heavy atom. The third kappa shape index (κ3) is 6.35. The van der Waals surface area contributed by atoms with Crippen LogP contribution in [0.15, 0.2) is 35.1 Å². The van der Waals surface area contributed by atoms with Gasteiger partial charge in [0.2, 0.25) is 0 Å². The van der Waals surface area contributed by atoms with Crippen LogP contribution in [0.25, 0.3) is 10.8 Å². The van der Waals surface area contributed by atoms with Crippen molar-refractivity contribution in [3.63, 3.8) is 0 Å². The van der Waals surface area contributed by atoms with Gasteiger partial charge in [-0.1, -0.05) is 0 Å². The first kappa shape index (κ1) is 21.4. The van der Waals surface area contributed by atoms with E-state index in [9.17, 15) is 13.2 Å². The van der Waals surface area contributed by atoms with E-state index in [4.69, 9.17) is 14.6 Å². The first-order valence-electron chi connectivity index (χ1n) is 8.32. The van der Waals surface area contributed by atoms with Gasteiger partial charge in [0.15, 0.2) is 0 Å². The number of halogens is 4. The zero-order valence-corrected chi connectivity index (χ0v) is 16.3. The highest BCUT2D eigenvalue weighted by atomic mass is 79.9. The number of hydrogen-bond acceptors (Lipinski definition) is 4. The Balaban J connectivity index is 0.000000321. The van der Waals surface area contributed by atoms with Crippen LogP contribution in [0.1, 0.15) is 12.8 Å². The number of fused-ring (bicyclic) bond motifs is 1. The minimum Gasteiger partial charge on any atom is -0.492 e. The number of rotatable bonds is 3. The molecule has 3 rings (SSSR count). The highest BCUT2D eigenvalue weighted by molar-refractivity contribution is 9.10. The molecule has 148 valence electrons. The summed E-state index contributed by atoms with van der Waals surface area (Å²) in [5, 5.41) is 9.40. The number of benzene rings is 1. The van der Waals surface area contributed by atoms with Crippen LogP contribution in [-0.4, -0.2) is 53.9 Å². The molecule has 2 aromatic rings. The average molecular weight is 449 g/mol. The lowest BCUT2D eigenvalue weighted by molar-refractivity contribution is -0.192. The molecule has 2 heterocycles. The second kappa shape index (κ2) is 9.36. The molecule has 27 heavy (non-hydrogen) atoms. The Hall–Kier alpha value is -1.87. The molecule has 1 aromatic heterocycles. The second-order valence-corrected chi connectivity index (χ2v) is 7.15. The number of piperidine rings is 1. The van der Waals surface area contributed by atoms with E-state index >= 15 is 0 Å². The third-order valence-corrected chi connectivity index (χ3v) is 4.98. The molecule has 0 radical (unpaired) electrons. The highest BCUT2D eigenvalue weighted by Gasteiger charge is 2.38. The predicted molar refractivity (Wildman–Crippen MR) is 98.8 cm³/mol. The first-order valence-corrected chi connectivity index (χ1v) is 9.11. The number of ether oxygens (including phenoxy) is 1. The van der Waals surface area contributed by atoms with E-state index in [1.807, 2.05) is 24.5 Å². The maximum Gasteiger partial charge on any atom is 0.490 e. The van der Waals surface area contributed by atoms with E-state index in [1.165, 1.54) is 19.4 Å². The molecule has 0 saturated carbocycles. The van der Waals surface area contributed by atoms with Gasteiger partial charge in [-0.25, -0.2) is 4.79 Å². The van der Waals surface area contributed by atoms with Crippen LogP contribution in [0.4, 0.5) is 13.2 Å². The molecular weight excluding hydrogens is 429 g/mol. The highest BCUT2D eigenvalue weighted by Crippen LogP contribution is 2.33. The summed E-state index contributed by atoms with van der Waals surface area (Å²) in [6.45, 7) is 3.14. The Morgan fingerprint density at radius 1 is 1.41 bits per heavy atom. The summed E-state index contributed by atoms with van der Waals surface area (Å²) in [5.74, 6) is -1.20. The monoisotopic (exact) mass is 448 g/mol. The minimum atomic E-state index is -5.08. The molecule has 5 nitrogen and oxygen atoms in total. The molecule has 0 spiro atoms.